The Morgan fingerprint density at radius 3 is 2.19 bits per heavy atom. The first-order chi connectivity index (χ1) is 9.62. The lowest BCUT2D eigenvalue weighted by Crippen LogP contribution is -2.41. The summed E-state index contributed by atoms with van der Waals surface area (Å²) in [5.41, 5.74) is 0. The highest BCUT2D eigenvalue weighted by Crippen LogP contribution is 2.80. The highest BCUT2D eigenvalue weighted by molar-refractivity contribution is 9.15. The van der Waals surface area contributed by atoms with Crippen LogP contribution in [0.3, 0.4) is 0 Å². The van der Waals surface area contributed by atoms with Gasteiger partial charge in [-0.1, -0.05) is 90.7 Å². The van der Waals surface area contributed by atoms with Crippen LogP contribution in [0.2, 0.25) is 19.6 Å². The zero-order valence-electron chi connectivity index (χ0n) is 12.0. The molecule has 0 bridgehead atoms. The zero-order chi connectivity index (χ0) is 15.5. The largest absolute Gasteiger partial charge is 0.298 e. The Balaban J connectivity index is 2.38. The summed E-state index contributed by atoms with van der Waals surface area (Å²) in [4.78, 5) is 0. The van der Waals surface area contributed by atoms with Gasteiger partial charge in [0.25, 0.3) is 0 Å². The zero-order valence-corrected chi connectivity index (χ0v) is 18.2. The van der Waals surface area contributed by atoms with Gasteiger partial charge in [-0.05, 0) is 5.39 Å². The maximum atomic E-state index is 6.15. The highest BCUT2D eigenvalue weighted by atomic mass is 33.4. The summed E-state index contributed by atoms with van der Waals surface area (Å²) in [6.45, 7) is 6.89. The summed E-state index contributed by atoms with van der Waals surface area (Å²) < 4.78 is 1.88. The van der Waals surface area contributed by atoms with Gasteiger partial charge >= 0.3 is 0 Å². The van der Waals surface area contributed by atoms with Crippen LogP contribution in [0.15, 0.2) is 36.4 Å². The quantitative estimate of drug-likeness (QED) is 0.422. The van der Waals surface area contributed by atoms with Gasteiger partial charge in [0.1, 0.15) is 8.24 Å². The van der Waals surface area contributed by atoms with Crippen LogP contribution in [0.1, 0.15) is 0 Å². The molecule has 0 aromatic heterocycles. The second kappa shape index (κ2) is 5.46. The molecule has 2 unspecified atom stereocenters. The SMILES string of the molecule is C[Si](C)(C)NP1(=S)SP(=S)(S)c2cccc3cccc1c23. The molecular formula is C13H17NP2S4Si. The van der Waals surface area contributed by atoms with E-state index in [0.29, 0.717) is 0 Å². The predicted octanol–water partition coefficient (Wildman–Crippen LogP) is 4.81. The average Bonchev–Trinajstić information content (AvgIpc) is 2.33. The predicted molar refractivity (Wildman–Crippen MR) is 115 cm³/mol. The van der Waals surface area contributed by atoms with Crippen molar-refractivity contribution in [3.05, 3.63) is 36.4 Å². The molecule has 0 fully saturated rings. The van der Waals surface area contributed by atoms with Crippen molar-refractivity contribution in [2.24, 2.45) is 0 Å². The monoisotopic (exact) mass is 405 g/mol. The van der Waals surface area contributed by atoms with Crippen molar-refractivity contribution in [2.75, 3.05) is 0 Å². The lowest BCUT2D eigenvalue weighted by molar-refractivity contribution is 1.44. The number of hydrogen-bond donors (Lipinski definition) is 2. The van der Waals surface area contributed by atoms with E-state index in [1.54, 1.807) is 11.0 Å². The molecule has 0 amide bonds. The van der Waals surface area contributed by atoms with Gasteiger partial charge in [0.05, 0.1) is 9.83 Å². The average molecular weight is 406 g/mol. The fourth-order valence-corrected chi connectivity index (χ4v) is 34.3. The summed E-state index contributed by atoms with van der Waals surface area (Å²) in [5, 5.41) is 3.08. The molecule has 1 aliphatic rings. The van der Waals surface area contributed by atoms with E-state index in [9.17, 15) is 0 Å². The van der Waals surface area contributed by atoms with Crippen molar-refractivity contribution in [1.29, 1.82) is 0 Å². The molecule has 8 heteroatoms. The number of benzene rings is 2. The van der Waals surface area contributed by atoms with Gasteiger partial charge in [-0.15, -0.1) is 12.2 Å². The molecule has 1 nitrogen and oxygen atoms in total. The van der Waals surface area contributed by atoms with E-state index in [2.05, 4.69) is 60.8 Å². The molecule has 1 aliphatic heterocycles. The molecule has 1 N–H and O–H groups in total. The van der Waals surface area contributed by atoms with E-state index in [0.717, 1.165) is 0 Å². The Labute approximate surface area is 146 Å². The third-order valence-electron chi connectivity index (χ3n) is 3.19. The van der Waals surface area contributed by atoms with E-state index >= 15 is 0 Å². The lowest BCUT2D eigenvalue weighted by atomic mass is 10.1. The Kier molecular flexibility index (Phi) is 4.35. The van der Waals surface area contributed by atoms with Gasteiger partial charge in [-0.2, -0.15) is 0 Å². The van der Waals surface area contributed by atoms with Crippen molar-refractivity contribution >= 4 is 86.3 Å². The summed E-state index contributed by atoms with van der Waals surface area (Å²) in [6, 6.07) is 12.8. The van der Waals surface area contributed by atoms with Gasteiger partial charge in [0.15, 0.2) is 0 Å². The number of nitrogens with one attached hydrogen (secondary N) is 1. The van der Waals surface area contributed by atoms with Crippen molar-refractivity contribution in [3.8, 4) is 0 Å². The minimum Gasteiger partial charge on any atom is -0.298 e. The summed E-state index contributed by atoms with van der Waals surface area (Å²) in [6.07, 6.45) is 0. The molecule has 21 heavy (non-hydrogen) atoms. The third-order valence-corrected chi connectivity index (χ3v) is 25.1. The summed E-state index contributed by atoms with van der Waals surface area (Å²) in [7, 11) is -1.51. The van der Waals surface area contributed by atoms with Crippen LogP contribution in [0.4, 0.5) is 0 Å². The molecule has 0 aliphatic carbocycles. The van der Waals surface area contributed by atoms with Crippen LogP contribution in [0.5, 0.6) is 0 Å². The van der Waals surface area contributed by atoms with Crippen LogP contribution < -0.4 is 15.4 Å². The van der Waals surface area contributed by atoms with Gasteiger partial charge in [0.2, 0.25) is 0 Å². The normalized spacial score (nSPS) is 28.8. The molecular weight excluding hydrogens is 388 g/mol. The third kappa shape index (κ3) is 3.11. The maximum absolute atomic E-state index is 6.15. The number of thiol groups is 1. The van der Waals surface area contributed by atoms with Gasteiger partial charge < -0.3 is 0 Å². The van der Waals surface area contributed by atoms with Crippen molar-refractivity contribution in [2.45, 2.75) is 19.6 Å². The van der Waals surface area contributed by atoms with Crippen LogP contribution in [0.25, 0.3) is 10.8 Å². The molecule has 2 atom stereocenters. The van der Waals surface area contributed by atoms with Crippen molar-refractivity contribution in [1.82, 2.24) is 4.75 Å². The maximum Gasteiger partial charge on any atom is 0.122 e. The molecule has 0 saturated carbocycles. The van der Waals surface area contributed by atoms with Gasteiger partial charge in [-0.25, -0.2) is 0 Å². The lowest BCUT2D eigenvalue weighted by Gasteiger charge is -2.38. The minimum atomic E-state index is -1.95. The smallest absolute Gasteiger partial charge is 0.122 e. The number of rotatable bonds is 2. The molecule has 2 aromatic rings. The molecule has 0 spiro atoms. The Morgan fingerprint density at radius 2 is 1.62 bits per heavy atom. The fraction of sp³-hybridized carbons (Fsp3) is 0.231. The highest BCUT2D eigenvalue weighted by Gasteiger charge is 2.38. The second-order valence-electron chi connectivity index (χ2n) is 6.17. The molecule has 2 aromatic carbocycles. The fourth-order valence-electron chi connectivity index (χ4n) is 2.55. The summed E-state index contributed by atoms with van der Waals surface area (Å²) in [5.74, 6) is 0. The molecule has 112 valence electrons. The van der Waals surface area contributed by atoms with Crippen LogP contribution in [-0.2, 0) is 23.6 Å². The topological polar surface area (TPSA) is 12.0 Å². The van der Waals surface area contributed by atoms with Crippen molar-refractivity contribution in [3.63, 3.8) is 0 Å². The van der Waals surface area contributed by atoms with Crippen LogP contribution in [-0.4, -0.2) is 8.24 Å². The summed E-state index contributed by atoms with van der Waals surface area (Å²) >= 11 is 18.7. The van der Waals surface area contributed by atoms with E-state index in [1.807, 2.05) is 0 Å². The molecule has 1 heterocycles. The standard InChI is InChI=1S/C13H17NP2S4Si/c1-21(2,3)14-15(17)11-8-4-6-10-7-5-9-12(13(10)11)16(18,19)20-15/h4-9H,1-3H3,(H,14,17)(H,18,19). The van der Waals surface area contributed by atoms with E-state index in [4.69, 9.17) is 35.9 Å². The number of hydrogen-bond acceptors (Lipinski definition) is 3. The van der Waals surface area contributed by atoms with Gasteiger partial charge in [0, 0.05) is 16.0 Å². The van der Waals surface area contributed by atoms with E-state index in [-0.39, 0.29) is 0 Å². The van der Waals surface area contributed by atoms with Crippen LogP contribution in [0, 0.1) is 0 Å². The Morgan fingerprint density at radius 1 is 1.05 bits per heavy atom. The Hall–Kier alpha value is 0.877. The van der Waals surface area contributed by atoms with Gasteiger partial charge in [-0.3, -0.25) is 4.75 Å². The second-order valence-corrected chi connectivity index (χ2v) is 28.2. The Bertz CT molecular complexity index is 825. The molecule has 0 radical (unpaired) electrons. The first-order valence-electron chi connectivity index (χ1n) is 6.59. The van der Waals surface area contributed by atoms with E-state index < -0.39 is 18.1 Å². The first-order valence-corrected chi connectivity index (χ1v) is 18.9. The van der Waals surface area contributed by atoms with E-state index in [1.165, 1.54) is 21.4 Å². The van der Waals surface area contributed by atoms with Crippen molar-refractivity contribution < 1.29 is 0 Å². The first kappa shape index (κ1) is 16.7. The van der Waals surface area contributed by atoms with Crippen LogP contribution >= 0.6 is 33.1 Å². The minimum absolute atomic E-state index is 1.22. The molecule has 0 saturated heterocycles. The molecule has 3 rings (SSSR count).